The van der Waals surface area contributed by atoms with E-state index >= 15 is 0 Å². The second-order valence-corrected chi connectivity index (χ2v) is 6.11. The van der Waals surface area contributed by atoms with E-state index in [0.29, 0.717) is 22.8 Å². The van der Waals surface area contributed by atoms with Crippen molar-refractivity contribution in [3.8, 4) is 5.75 Å². The number of methoxy groups -OCH3 is 1. The molecule has 0 heterocycles. The summed E-state index contributed by atoms with van der Waals surface area (Å²) in [5, 5.41) is 3.27. The topological polar surface area (TPSA) is 67.6 Å². The Kier molecular flexibility index (Phi) is 10.4. The molecule has 5 nitrogen and oxygen atoms in total. The van der Waals surface area contributed by atoms with E-state index in [9.17, 15) is 4.79 Å². The van der Waals surface area contributed by atoms with Crippen LogP contribution < -0.4 is 15.8 Å². The Hall–Kier alpha value is -1.66. The molecular formula is C18H24Cl3N3O2. The summed E-state index contributed by atoms with van der Waals surface area (Å²) in [7, 11) is 5.56. The van der Waals surface area contributed by atoms with Gasteiger partial charge in [0.25, 0.3) is 5.91 Å². The van der Waals surface area contributed by atoms with Crippen LogP contribution in [0.1, 0.15) is 22.0 Å². The third-order valence-corrected chi connectivity index (χ3v) is 4.11. The monoisotopic (exact) mass is 419 g/mol. The number of nitrogen functional groups attached to an aromatic ring is 1. The number of hydrogen-bond acceptors (Lipinski definition) is 4. The number of likely N-dealkylation sites (N-methyl/N-ethyl adjacent to an activating group) is 1. The molecule has 26 heavy (non-hydrogen) atoms. The van der Waals surface area contributed by atoms with Crippen molar-refractivity contribution in [2.24, 2.45) is 0 Å². The van der Waals surface area contributed by atoms with Crippen molar-refractivity contribution < 1.29 is 9.53 Å². The van der Waals surface area contributed by atoms with E-state index in [1.807, 2.05) is 43.3 Å². The number of nitrogens with two attached hydrogens (primary N) is 1. The molecule has 2 aromatic rings. The van der Waals surface area contributed by atoms with Gasteiger partial charge in [-0.1, -0.05) is 23.7 Å². The highest BCUT2D eigenvalue weighted by Crippen LogP contribution is 2.23. The molecule has 0 bridgehead atoms. The van der Waals surface area contributed by atoms with Gasteiger partial charge >= 0.3 is 0 Å². The number of hydrogen-bond donors (Lipinski definition) is 2. The van der Waals surface area contributed by atoms with Crippen LogP contribution in [0.25, 0.3) is 0 Å². The Morgan fingerprint density at radius 1 is 1.23 bits per heavy atom. The fourth-order valence-electron chi connectivity index (χ4n) is 2.45. The summed E-state index contributed by atoms with van der Waals surface area (Å²) in [5.41, 5.74) is 7.65. The summed E-state index contributed by atoms with van der Waals surface area (Å²) in [6, 6.07) is 12.7. The minimum absolute atomic E-state index is 0. The zero-order valence-corrected chi connectivity index (χ0v) is 17.3. The van der Waals surface area contributed by atoms with Crippen molar-refractivity contribution in [2.45, 2.75) is 6.04 Å². The van der Waals surface area contributed by atoms with Gasteiger partial charge < -0.3 is 20.7 Å². The van der Waals surface area contributed by atoms with E-state index in [-0.39, 0.29) is 36.8 Å². The van der Waals surface area contributed by atoms with E-state index in [4.69, 9.17) is 22.1 Å². The lowest BCUT2D eigenvalue weighted by molar-refractivity contribution is 0.0942. The van der Waals surface area contributed by atoms with Crippen LogP contribution in [0.4, 0.5) is 5.69 Å². The van der Waals surface area contributed by atoms with Crippen LogP contribution in [0.15, 0.2) is 42.5 Å². The Bertz CT molecular complexity index is 727. The van der Waals surface area contributed by atoms with Crippen LogP contribution in [0, 0.1) is 0 Å². The van der Waals surface area contributed by atoms with Gasteiger partial charge in [0.1, 0.15) is 5.75 Å². The van der Waals surface area contributed by atoms with E-state index in [1.54, 1.807) is 25.3 Å². The number of anilines is 1. The van der Waals surface area contributed by atoms with Crippen molar-refractivity contribution in [3.05, 3.63) is 58.6 Å². The molecule has 0 aromatic heterocycles. The Labute approximate surface area is 171 Å². The molecule has 2 aromatic carbocycles. The number of benzene rings is 2. The summed E-state index contributed by atoms with van der Waals surface area (Å²) >= 11 is 6.09. The van der Waals surface area contributed by atoms with Crippen LogP contribution in [-0.4, -0.2) is 38.6 Å². The lowest BCUT2D eigenvalue weighted by Gasteiger charge is -2.25. The third-order valence-electron chi connectivity index (χ3n) is 3.80. The first-order valence-electron chi connectivity index (χ1n) is 7.56. The quantitative estimate of drug-likeness (QED) is 0.697. The standard InChI is InChI=1S/C18H22ClN3O2.2ClH/c1-22(2)17(12-5-4-6-14(9-12)24-3)11-21-18(23)15-8-7-13(20)10-16(15)19;;/h4-10,17H,11,20H2,1-3H3,(H,21,23);2*1H. The van der Waals surface area contributed by atoms with Crippen LogP contribution in [0.2, 0.25) is 5.02 Å². The molecule has 0 aliphatic carbocycles. The van der Waals surface area contributed by atoms with Gasteiger partial charge in [-0.25, -0.2) is 0 Å². The third kappa shape index (κ3) is 6.25. The number of nitrogens with zero attached hydrogens (tertiary/aromatic N) is 1. The molecule has 8 heteroatoms. The molecule has 0 saturated carbocycles. The number of ether oxygens (including phenoxy) is 1. The summed E-state index contributed by atoms with van der Waals surface area (Å²) in [6.07, 6.45) is 0. The molecule has 0 spiro atoms. The molecule has 0 aliphatic heterocycles. The molecule has 0 radical (unpaired) electrons. The van der Waals surface area contributed by atoms with Gasteiger partial charge in [0, 0.05) is 12.2 Å². The van der Waals surface area contributed by atoms with Crippen LogP contribution >= 0.6 is 36.4 Å². The van der Waals surface area contributed by atoms with Crippen LogP contribution in [0.5, 0.6) is 5.75 Å². The minimum atomic E-state index is -0.227. The SMILES string of the molecule is COc1cccc(C(CNC(=O)c2ccc(N)cc2Cl)N(C)C)c1.Cl.Cl. The maximum atomic E-state index is 12.4. The van der Waals surface area contributed by atoms with Crippen molar-refractivity contribution in [1.29, 1.82) is 0 Å². The predicted molar refractivity (Wildman–Crippen MR) is 112 cm³/mol. The first-order valence-corrected chi connectivity index (χ1v) is 7.93. The average Bonchev–Trinajstić information content (AvgIpc) is 2.54. The van der Waals surface area contributed by atoms with E-state index in [1.165, 1.54) is 0 Å². The highest BCUT2D eigenvalue weighted by atomic mass is 35.5. The summed E-state index contributed by atoms with van der Waals surface area (Å²) in [4.78, 5) is 14.4. The molecule has 0 saturated heterocycles. The number of carbonyl (C=O) groups excluding carboxylic acids is 1. The van der Waals surface area contributed by atoms with Crippen molar-refractivity contribution >= 4 is 48.0 Å². The molecular weight excluding hydrogens is 397 g/mol. The highest BCUT2D eigenvalue weighted by molar-refractivity contribution is 6.34. The van der Waals surface area contributed by atoms with Gasteiger partial charge in [-0.15, -0.1) is 24.8 Å². The number of rotatable bonds is 6. The molecule has 3 N–H and O–H groups in total. The summed E-state index contributed by atoms with van der Waals surface area (Å²) in [6.45, 7) is 0.444. The normalized spacial score (nSPS) is 11.1. The molecule has 1 amide bonds. The largest absolute Gasteiger partial charge is 0.497 e. The first kappa shape index (κ1) is 24.3. The van der Waals surface area contributed by atoms with Crippen molar-refractivity contribution in [2.75, 3.05) is 33.5 Å². The Balaban J connectivity index is 0.00000312. The molecule has 0 aliphatic rings. The highest BCUT2D eigenvalue weighted by Gasteiger charge is 2.17. The molecule has 1 atom stereocenters. The van der Waals surface area contributed by atoms with Gasteiger partial charge in [-0.3, -0.25) is 4.79 Å². The number of nitrogens with one attached hydrogen (secondary N) is 1. The Morgan fingerprint density at radius 2 is 1.92 bits per heavy atom. The van der Waals surface area contributed by atoms with Crippen LogP contribution in [0.3, 0.4) is 0 Å². The van der Waals surface area contributed by atoms with Gasteiger partial charge in [0.2, 0.25) is 0 Å². The number of amides is 1. The molecule has 144 valence electrons. The Morgan fingerprint density at radius 3 is 2.50 bits per heavy atom. The van der Waals surface area contributed by atoms with Gasteiger partial charge in [-0.05, 0) is 50.0 Å². The predicted octanol–water partition coefficient (Wildman–Crippen LogP) is 3.81. The first-order chi connectivity index (χ1) is 11.4. The lowest BCUT2D eigenvalue weighted by atomic mass is 10.1. The van der Waals surface area contributed by atoms with Crippen molar-refractivity contribution in [1.82, 2.24) is 10.2 Å². The van der Waals surface area contributed by atoms with E-state index in [0.717, 1.165) is 11.3 Å². The number of carbonyl (C=O) groups is 1. The second kappa shape index (κ2) is 11.1. The lowest BCUT2D eigenvalue weighted by Crippen LogP contribution is -2.34. The average molecular weight is 421 g/mol. The van der Waals surface area contributed by atoms with E-state index in [2.05, 4.69) is 5.32 Å². The minimum Gasteiger partial charge on any atom is -0.497 e. The van der Waals surface area contributed by atoms with Gasteiger partial charge in [-0.2, -0.15) is 0 Å². The smallest absolute Gasteiger partial charge is 0.252 e. The number of halogens is 3. The van der Waals surface area contributed by atoms with Gasteiger partial charge in [0.15, 0.2) is 0 Å². The van der Waals surface area contributed by atoms with E-state index < -0.39 is 0 Å². The maximum Gasteiger partial charge on any atom is 0.252 e. The summed E-state index contributed by atoms with van der Waals surface area (Å²) in [5.74, 6) is 0.557. The van der Waals surface area contributed by atoms with Gasteiger partial charge in [0.05, 0.1) is 23.7 Å². The molecule has 1 unspecified atom stereocenters. The maximum absolute atomic E-state index is 12.4. The molecule has 0 fully saturated rings. The fraction of sp³-hybridized carbons (Fsp3) is 0.278. The summed E-state index contributed by atoms with van der Waals surface area (Å²) < 4.78 is 5.27. The molecule has 2 rings (SSSR count). The fourth-order valence-corrected chi connectivity index (χ4v) is 2.72. The van der Waals surface area contributed by atoms with Crippen LogP contribution in [-0.2, 0) is 0 Å². The van der Waals surface area contributed by atoms with Crippen molar-refractivity contribution in [3.63, 3.8) is 0 Å². The second-order valence-electron chi connectivity index (χ2n) is 5.71. The zero-order chi connectivity index (χ0) is 17.7. The zero-order valence-electron chi connectivity index (χ0n) is 14.9.